The molecule has 0 radical (unpaired) electrons. The number of pyridine rings is 1. The molecule has 0 aromatic carbocycles. The Bertz CT molecular complexity index is 349. The third-order valence-corrected chi connectivity index (χ3v) is 2.96. The van der Waals surface area contributed by atoms with Gasteiger partial charge in [0.2, 0.25) is 0 Å². The Morgan fingerprint density at radius 2 is 1.76 bits per heavy atom. The van der Waals surface area contributed by atoms with Gasteiger partial charge in [0, 0.05) is 18.8 Å². The summed E-state index contributed by atoms with van der Waals surface area (Å²) in [6.45, 7) is 7.96. The molecule has 0 bridgehead atoms. The summed E-state index contributed by atoms with van der Waals surface area (Å²) in [6.07, 6.45) is 4.67. The van der Waals surface area contributed by atoms with Crippen molar-refractivity contribution in [3.05, 3.63) is 24.0 Å². The van der Waals surface area contributed by atoms with Crippen LogP contribution in [-0.4, -0.2) is 55.3 Å². The van der Waals surface area contributed by atoms with Gasteiger partial charge in [0.15, 0.2) is 0 Å². The van der Waals surface area contributed by atoms with Crippen molar-refractivity contribution in [2.75, 3.05) is 39.1 Å². The van der Waals surface area contributed by atoms with Crippen LogP contribution in [0.5, 0.6) is 0 Å². The van der Waals surface area contributed by atoms with Crippen LogP contribution in [0.15, 0.2) is 18.3 Å². The normalized spacial score (nSPS) is 18.1. The van der Waals surface area contributed by atoms with E-state index in [1.807, 2.05) is 59.1 Å². The summed E-state index contributed by atoms with van der Waals surface area (Å²) in [6, 6.07) is 4.15. The molecule has 4 nitrogen and oxygen atoms in total. The van der Waals surface area contributed by atoms with E-state index >= 15 is 0 Å². The molecule has 1 fully saturated rings. The highest BCUT2D eigenvalue weighted by molar-refractivity contribution is 5.44. The summed E-state index contributed by atoms with van der Waals surface area (Å²) >= 11 is 0. The third-order valence-electron chi connectivity index (χ3n) is 2.96. The molecule has 1 saturated heterocycles. The molecule has 0 spiro atoms. The molecule has 0 aliphatic carbocycles. The Labute approximate surface area is 130 Å². The number of anilines is 1. The standard InChI is InChI=1S/C12H18N2O.C3H9N.C2H6/c1-10-4-5-11(9-13-10)14-7-2-3-12(15)6-8-14;1-4(2)3;1-2/h4-5,9,12,15H,2-3,6-8H2,1H3;1-3H3;1-2H3. The average molecular weight is 295 g/mol. The summed E-state index contributed by atoms with van der Waals surface area (Å²) in [5.41, 5.74) is 2.23. The molecule has 0 amide bonds. The Kier molecular flexibility index (Phi) is 10.9. The molecule has 4 heteroatoms. The van der Waals surface area contributed by atoms with E-state index in [2.05, 4.69) is 16.0 Å². The second-order valence-corrected chi connectivity index (χ2v) is 5.57. The van der Waals surface area contributed by atoms with Crippen LogP contribution in [0.25, 0.3) is 0 Å². The van der Waals surface area contributed by atoms with Gasteiger partial charge >= 0.3 is 0 Å². The van der Waals surface area contributed by atoms with Gasteiger partial charge in [0.05, 0.1) is 18.0 Å². The van der Waals surface area contributed by atoms with E-state index in [4.69, 9.17) is 0 Å². The van der Waals surface area contributed by atoms with Gasteiger partial charge in [0.25, 0.3) is 0 Å². The number of nitrogens with zero attached hydrogens (tertiary/aromatic N) is 3. The third kappa shape index (κ3) is 9.43. The predicted octanol–water partition coefficient (Wildman–Crippen LogP) is 2.95. The highest BCUT2D eigenvalue weighted by Gasteiger charge is 2.14. The lowest BCUT2D eigenvalue weighted by atomic mass is 10.2. The molecule has 122 valence electrons. The smallest absolute Gasteiger partial charge is 0.0557 e. The first-order valence-electron chi connectivity index (χ1n) is 7.95. The van der Waals surface area contributed by atoms with E-state index in [-0.39, 0.29) is 6.10 Å². The summed E-state index contributed by atoms with van der Waals surface area (Å²) < 4.78 is 0. The Morgan fingerprint density at radius 3 is 2.29 bits per heavy atom. The maximum Gasteiger partial charge on any atom is 0.0557 e. The second kappa shape index (κ2) is 11.5. The average Bonchev–Trinajstić information content (AvgIpc) is 2.66. The molecule has 2 rings (SSSR count). The number of aliphatic hydroxyl groups is 1. The molecule has 1 aromatic heterocycles. The van der Waals surface area contributed by atoms with Crippen molar-refractivity contribution in [3.63, 3.8) is 0 Å². The minimum atomic E-state index is -0.117. The monoisotopic (exact) mass is 295 g/mol. The van der Waals surface area contributed by atoms with Crippen molar-refractivity contribution in [1.29, 1.82) is 0 Å². The van der Waals surface area contributed by atoms with Crippen LogP contribution < -0.4 is 4.90 Å². The van der Waals surface area contributed by atoms with E-state index in [1.54, 1.807) is 0 Å². The van der Waals surface area contributed by atoms with Gasteiger partial charge in [-0.05, 0) is 59.5 Å². The molecule has 21 heavy (non-hydrogen) atoms. The van der Waals surface area contributed by atoms with Crippen molar-refractivity contribution in [2.24, 2.45) is 0 Å². The lowest BCUT2D eigenvalue weighted by Crippen LogP contribution is -2.24. The largest absolute Gasteiger partial charge is 0.393 e. The van der Waals surface area contributed by atoms with Gasteiger partial charge in [-0.2, -0.15) is 0 Å². The first kappa shape index (κ1) is 19.9. The Hall–Kier alpha value is -1.13. The summed E-state index contributed by atoms with van der Waals surface area (Å²) in [7, 11) is 6.00. The van der Waals surface area contributed by atoms with Crippen LogP contribution in [0.2, 0.25) is 0 Å². The molecule has 1 aromatic rings. The Balaban J connectivity index is 0.000000579. The number of aromatic nitrogens is 1. The Morgan fingerprint density at radius 1 is 1.14 bits per heavy atom. The number of aliphatic hydroxyl groups excluding tert-OH is 1. The number of hydrogen-bond acceptors (Lipinski definition) is 4. The minimum absolute atomic E-state index is 0.117. The summed E-state index contributed by atoms with van der Waals surface area (Å²) in [5.74, 6) is 0. The molecule has 1 unspecified atom stereocenters. The van der Waals surface area contributed by atoms with Crippen LogP contribution in [0.1, 0.15) is 38.8 Å². The van der Waals surface area contributed by atoms with Crippen LogP contribution in [0.3, 0.4) is 0 Å². The van der Waals surface area contributed by atoms with Gasteiger partial charge in [-0.15, -0.1) is 0 Å². The summed E-state index contributed by atoms with van der Waals surface area (Å²) in [4.78, 5) is 8.61. The number of aryl methyl sites for hydroxylation is 1. The fraction of sp³-hybridized carbons (Fsp3) is 0.706. The molecule has 2 heterocycles. The zero-order valence-electron chi connectivity index (χ0n) is 14.6. The van der Waals surface area contributed by atoms with Crippen LogP contribution in [0.4, 0.5) is 5.69 Å². The van der Waals surface area contributed by atoms with E-state index in [0.29, 0.717) is 0 Å². The quantitative estimate of drug-likeness (QED) is 0.864. The van der Waals surface area contributed by atoms with E-state index < -0.39 is 0 Å². The fourth-order valence-corrected chi connectivity index (χ4v) is 1.98. The topological polar surface area (TPSA) is 39.6 Å². The van der Waals surface area contributed by atoms with Crippen molar-refractivity contribution in [3.8, 4) is 0 Å². The lowest BCUT2D eigenvalue weighted by molar-refractivity contribution is 0.161. The maximum atomic E-state index is 9.56. The SMILES string of the molecule is CC.CN(C)C.Cc1ccc(N2CCCC(O)CC2)cn1. The summed E-state index contributed by atoms with van der Waals surface area (Å²) in [5, 5.41) is 9.56. The zero-order chi connectivity index (χ0) is 16.3. The molecule has 1 aliphatic rings. The minimum Gasteiger partial charge on any atom is -0.393 e. The molecular formula is C17H33N3O. The van der Waals surface area contributed by atoms with Gasteiger partial charge in [-0.25, -0.2) is 0 Å². The maximum absolute atomic E-state index is 9.56. The van der Waals surface area contributed by atoms with Crippen LogP contribution >= 0.6 is 0 Å². The van der Waals surface area contributed by atoms with Crippen molar-refractivity contribution in [1.82, 2.24) is 9.88 Å². The van der Waals surface area contributed by atoms with E-state index in [0.717, 1.165) is 38.0 Å². The van der Waals surface area contributed by atoms with E-state index in [9.17, 15) is 5.11 Å². The van der Waals surface area contributed by atoms with Gasteiger partial charge in [-0.3, -0.25) is 4.98 Å². The van der Waals surface area contributed by atoms with E-state index in [1.165, 1.54) is 5.69 Å². The van der Waals surface area contributed by atoms with Gasteiger partial charge in [0.1, 0.15) is 0 Å². The molecular weight excluding hydrogens is 262 g/mol. The molecule has 1 N–H and O–H groups in total. The first-order valence-corrected chi connectivity index (χ1v) is 7.95. The number of hydrogen-bond donors (Lipinski definition) is 1. The molecule has 1 aliphatic heterocycles. The van der Waals surface area contributed by atoms with Crippen molar-refractivity contribution < 1.29 is 5.11 Å². The van der Waals surface area contributed by atoms with Crippen molar-refractivity contribution in [2.45, 2.75) is 46.1 Å². The first-order chi connectivity index (χ1) is 9.99. The number of rotatable bonds is 1. The molecule has 0 saturated carbocycles. The van der Waals surface area contributed by atoms with Gasteiger partial charge in [-0.1, -0.05) is 13.8 Å². The van der Waals surface area contributed by atoms with Gasteiger partial charge < -0.3 is 14.9 Å². The lowest BCUT2D eigenvalue weighted by Gasteiger charge is -2.22. The predicted molar refractivity (Wildman–Crippen MR) is 92.0 cm³/mol. The van der Waals surface area contributed by atoms with Crippen LogP contribution in [-0.2, 0) is 0 Å². The van der Waals surface area contributed by atoms with Crippen LogP contribution in [0, 0.1) is 6.92 Å². The van der Waals surface area contributed by atoms with Crippen molar-refractivity contribution >= 4 is 5.69 Å². The highest BCUT2D eigenvalue weighted by atomic mass is 16.3. The fourth-order valence-electron chi connectivity index (χ4n) is 1.98. The zero-order valence-corrected chi connectivity index (χ0v) is 14.6. The highest BCUT2D eigenvalue weighted by Crippen LogP contribution is 2.18. The molecule has 1 atom stereocenters. The second-order valence-electron chi connectivity index (χ2n) is 5.57.